The van der Waals surface area contributed by atoms with Crippen LogP contribution in [0.1, 0.15) is 16.1 Å². The van der Waals surface area contributed by atoms with E-state index in [0.717, 1.165) is 5.56 Å². The van der Waals surface area contributed by atoms with Crippen LogP contribution in [0.4, 0.5) is 5.69 Å². The molecule has 1 amide bonds. The Hall–Kier alpha value is -2.77. The number of anilines is 1. The van der Waals surface area contributed by atoms with Gasteiger partial charge in [-0.2, -0.15) is 0 Å². The second-order valence-corrected chi connectivity index (χ2v) is 8.03. The zero-order chi connectivity index (χ0) is 19.6. The number of methoxy groups -OCH3 is 1. The summed E-state index contributed by atoms with van der Waals surface area (Å²) in [6, 6.07) is 13.7. The normalized spacial score (nSPS) is 11.2. The molecule has 3 aromatic rings. The first-order valence-electron chi connectivity index (χ1n) is 7.88. The molecule has 0 spiro atoms. The number of halogens is 1. The average Bonchev–Trinajstić information content (AvgIpc) is 3.13. The Balaban J connectivity index is 1.81. The number of aryl methyl sites for hydroxylation is 1. The van der Waals surface area contributed by atoms with E-state index in [4.69, 9.17) is 20.8 Å². The Morgan fingerprint density at radius 3 is 2.41 bits per heavy atom. The van der Waals surface area contributed by atoms with Crippen LogP contribution in [0.25, 0.3) is 0 Å². The molecule has 0 radical (unpaired) electrons. The minimum Gasteiger partial charge on any atom is -0.495 e. The quantitative estimate of drug-likeness (QED) is 0.682. The number of sulfone groups is 1. The monoisotopic (exact) mass is 405 g/mol. The van der Waals surface area contributed by atoms with Gasteiger partial charge in [0.05, 0.1) is 17.0 Å². The molecule has 3 rings (SSSR count). The maximum absolute atomic E-state index is 12.6. The van der Waals surface area contributed by atoms with Crippen LogP contribution >= 0.6 is 11.6 Å². The first-order valence-corrected chi connectivity index (χ1v) is 9.74. The molecule has 140 valence electrons. The molecule has 2 aromatic carbocycles. The van der Waals surface area contributed by atoms with Gasteiger partial charge in [0, 0.05) is 5.69 Å². The van der Waals surface area contributed by atoms with E-state index in [9.17, 15) is 13.2 Å². The molecule has 0 saturated heterocycles. The third-order valence-corrected chi connectivity index (χ3v) is 5.75. The first-order chi connectivity index (χ1) is 12.8. The SMILES string of the molecule is COc1ccc(NC(=O)c2ccc(S(=O)(=O)c3ccc(C)cc3)o2)cc1Cl. The van der Waals surface area contributed by atoms with Gasteiger partial charge in [0.25, 0.3) is 5.91 Å². The summed E-state index contributed by atoms with van der Waals surface area (Å²) in [7, 11) is -2.36. The standard InChI is InChI=1S/C19H16ClNO5S/c1-12-3-6-14(7-4-12)27(23,24)18-10-9-17(26-18)19(22)21-13-5-8-16(25-2)15(20)11-13/h3-11H,1-2H3,(H,21,22). The van der Waals surface area contributed by atoms with E-state index in [0.29, 0.717) is 16.5 Å². The number of nitrogens with one attached hydrogen (secondary N) is 1. The number of ether oxygens (including phenoxy) is 1. The van der Waals surface area contributed by atoms with Crippen molar-refractivity contribution >= 4 is 33.0 Å². The van der Waals surface area contributed by atoms with E-state index in [1.807, 2.05) is 6.92 Å². The molecule has 1 N–H and O–H groups in total. The summed E-state index contributed by atoms with van der Waals surface area (Å²) in [5.74, 6) is -0.256. The molecule has 0 saturated carbocycles. The summed E-state index contributed by atoms with van der Waals surface area (Å²) < 4.78 is 35.5. The van der Waals surface area contributed by atoms with E-state index < -0.39 is 15.7 Å². The van der Waals surface area contributed by atoms with E-state index in [2.05, 4.69) is 5.32 Å². The van der Waals surface area contributed by atoms with Gasteiger partial charge in [-0.1, -0.05) is 29.3 Å². The second kappa shape index (κ2) is 7.46. The summed E-state index contributed by atoms with van der Waals surface area (Å²) in [5, 5.41) is 2.62. The van der Waals surface area contributed by atoms with E-state index in [1.54, 1.807) is 24.3 Å². The zero-order valence-corrected chi connectivity index (χ0v) is 16.1. The Morgan fingerprint density at radius 1 is 1.07 bits per heavy atom. The lowest BCUT2D eigenvalue weighted by molar-refractivity contribution is 0.0991. The number of hydrogen-bond donors (Lipinski definition) is 1. The smallest absolute Gasteiger partial charge is 0.291 e. The molecule has 0 atom stereocenters. The van der Waals surface area contributed by atoms with Crippen molar-refractivity contribution in [3.63, 3.8) is 0 Å². The van der Waals surface area contributed by atoms with Crippen LogP contribution in [0.5, 0.6) is 5.75 Å². The van der Waals surface area contributed by atoms with Crippen LogP contribution < -0.4 is 10.1 Å². The molecule has 1 heterocycles. The van der Waals surface area contributed by atoms with Gasteiger partial charge >= 0.3 is 0 Å². The molecule has 6 nitrogen and oxygen atoms in total. The molecule has 0 aliphatic heterocycles. The van der Waals surface area contributed by atoms with Gasteiger partial charge in [-0.3, -0.25) is 4.79 Å². The molecule has 0 aliphatic carbocycles. The van der Waals surface area contributed by atoms with Gasteiger partial charge in [0.2, 0.25) is 14.9 Å². The molecule has 0 unspecified atom stereocenters. The lowest BCUT2D eigenvalue weighted by atomic mass is 10.2. The largest absolute Gasteiger partial charge is 0.495 e. The predicted molar refractivity (Wildman–Crippen MR) is 101 cm³/mol. The molecular formula is C19H16ClNO5S. The highest BCUT2D eigenvalue weighted by molar-refractivity contribution is 7.91. The van der Waals surface area contributed by atoms with Crippen molar-refractivity contribution in [1.82, 2.24) is 0 Å². The van der Waals surface area contributed by atoms with Crippen molar-refractivity contribution in [2.24, 2.45) is 0 Å². The minimum atomic E-state index is -3.84. The number of benzene rings is 2. The first kappa shape index (κ1) is 19.0. The van der Waals surface area contributed by atoms with Gasteiger partial charge in [0.15, 0.2) is 5.76 Å². The molecule has 1 aromatic heterocycles. The van der Waals surface area contributed by atoms with Crippen LogP contribution in [0.3, 0.4) is 0 Å². The number of furan rings is 1. The van der Waals surface area contributed by atoms with Crippen molar-refractivity contribution in [2.75, 3.05) is 12.4 Å². The van der Waals surface area contributed by atoms with Gasteiger partial charge in [-0.15, -0.1) is 0 Å². The Bertz CT molecular complexity index is 1090. The lowest BCUT2D eigenvalue weighted by Crippen LogP contribution is -2.11. The van der Waals surface area contributed by atoms with Gasteiger partial charge < -0.3 is 14.5 Å². The maximum Gasteiger partial charge on any atom is 0.291 e. The van der Waals surface area contributed by atoms with Crippen molar-refractivity contribution in [1.29, 1.82) is 0 Å². The third kappa shape index (κ3) is 3.99. The van der Waals surface area contributed by atoms with E-state index >= 15 is 0 Å². The van der Waals surface area contributed by atoms with Crippen LogP contribution in [-0.4, -0.2) is 21.4 Å². The summed E-state index contributed by atoms with van der Waals surface area (Å²) in [6.07, 6.45) is 0. The molecule has 0 bridgehead atoms. The average molecular weight is 406 g/mol. The van der Waals surface area contributed by atoms with Gasteiger partial charge in [-0.05, 0) is 49.4 Å². The summed E-state index contributed by atoms with van der Waals surface area (Å²) in [5.41, 5.74) is 1.36. The fourth-order valence-electron chi connectivity index (χ4n) is 2.36. The summed E-state index contributed by atoms with van der Waals surface area (Å²) >= 11 is 6.02. The van der Waals surface area contributed by atoms with Crippen molar-refractivity contribution in [3.8, 4) is 5.75 Å². The van der Waals surface area contributed by atoms with Crippen molar-refractivity contribution in [3.05, 3.63) is 70.9 Å². The van der Waals surface area contributed by atoms with Crippen molar-refractivity contribution < 1.29 is 22.4 Å². The number of rotatable bonds is 5. The number of carbonyl (C=O) groups excluding carboxylic acids is 1. The highest BCUT2D eigenvalue weighted by atomic mass is 35.5. The number of amides is 1. The molecule has 27 heavy (non-hydrogen) atoms. The van der Waals surface area contributed by atoms with Crippen LogP contribution in [0.2, 0.25) is 5.02 Å². The highest BCUT2D eigenvalue weighted by Gasteiger charge is 2.23. The lowest BCUT2D eigenvalue weighted by Gasteiger charge is -2.07. The third-order valence-electron chi connectivity index (χ3n) is 3.81. The van der Waals surface area contributed by atoms with Crippen LogP contribution in [0, 0.1) is 6.92 Å². The predicted octanol–water partition coefficient (Wildman–Crippen LogP) is 4.34. The molecule has 8 heteroatoms. The fourth-order valence-corrected chi connectivity index (χ4v) is 3.79. The minimum absolute atomic E-state index is 0.0938. The van der Waals surface area contributed by atoms with Crippen LogP contribution in [-0.2, 0) is 9.84 Å². The number of hydrogen-bond acceptors (Lipinski definition) is 5. The zero-order valence-electron chi connectivity index (χ0n) is 14.5. The molecular weight excluding hydrogens is 390 g/mol. The molecule has 0 fully saturated rings. The topological polar surface area (TPSA) is 85.6 Å². The Morgan fingerprint density at radius 2 is 1.78 bits per heavy atom. The van der Waals surface area contributed by atoms with Gasteiger partial charge in [-0.25, -0.2) is 8.42 Å². The molecule has 0 aliphatic rings. The maximum atomic E-state index is 12.6. The highest BCUT2D eigenvalue weighted by Crippen LogP contribution is 2.28. The van der Waals surface area contributed by atoms with E-state index in [1.165, 1.54) is 37.4 Å². The second-order valence-electron chi connectivity index (χ2n) is 5.74. The van der Waals surface area contributed by atoms with Gasteiger partial charge in [0.1, 0.15) is 5.75 Å². The summed E-state index contributed by atoms with van der Waals surface area (Å²) in [6.45, 7) is 1.86. The number of carbonyl (C=O) groups is 1. The Kier molecular flexibility index (Phi) is 5.25. The Labute approximate surface area is 161 Å². The van der Waals surface area contributed by atoms with Crippen molar-refractivity contribution in [2.45, 2.75) is 16.9 Å². The summed E-state index contributed by atoms with van der Waals surface area (Å²) in [4.78, 5) is 12.4. The fraction of sp³-hybridized carbons (Fsp3) is 0.105. The van der Waals surface area contributed by atoms with E-state index in [-0.39, 0.29) is 15.7 Å². The van der Waals surface area contributed by atoms with Crippen LogP contribution in [0.15, 0.2) is 69.0 Å².